The number of alkyl halides is 3. The molecule has 1 saturated heterocycles. The summed E-state index contributed by atoms with van der Waals surface area (Å²) in [5, 5.41) is 0.653. The van der Waals surface area contributed by atoms with Crippen LogP contribution in [0.25, 0.3) is 0 Å². The van der Waals surface area contributed by atoms with Crippen molar-refractivity contribution in [3.05, 3.63) is 70.2 Å². The van der Waals surface area contributed by atoms with E-state index in [0.29, 0.717) is 23.7 Å². The Morgan fingerprint density at radius 1 is 1.06 bits per heavy atom. The highest BCUT2D eigenvalue weighted by atomic mass is 35.5. The predicted molar refractivity (Wildman–Crippen MR) is 113 cm³/mol. The minimum absolute atomic E-state index is 0.123. The fraction of sp³-hybridized carbons (Fsp3) is 0.458. The number of carbonyl (C=O) groups is 1. The van der Waals surface area contributed by atoms with Crippen molar-refractivity contribution < 1.29 is 22.7 Å². The Bertz CT molecular complexity index is 908. The van der Waals surface area contributed by atoms with E-state index in [2.05, 4.69) is 0 Å². The molecule has 0 radical (unpaired) electrons. The third kappa shape index (κ3) is 4.75. The van der Waals surface area contributed by atoms with Gasteiger partial charge >= 0.3 is 6.18 Å². The molecule has 3 nitrogen and oxygen atoms in total. The topological polar surface area (TPSA) is 29.5 Å². The van der Waals surface area contributed by atoms with Gasteiger partial charge in [-0.1, -0.05) is 42.3 Å². The summed E-state index contributed by atoms with van der Waals surface area (Å²) < 4.78 is 44.1. The molecule has 2 aromatic rings. The average Bonchev–Trinajstić information content (AvgIpc) is 2.72. The summed E-state index contributed by atoms with van der Waals surface area (Å²) in [6.45, 7) is 1.44. The van der Waals surface area contributed by atoms with Gasteiger partial charge in [-0.25, -0.2) is 0 Å². The molecule has 0 aromatic heterocycles. The van der Waals surface area contributed by atoms with E-state index in [1.807, 2.05) is 29.2 Å². The molecule has 1 amide bonds. The molecule has 1 heterocycles. The normalized spacial score (nSPS) is 20.9. The third-order valence-electron chi connectivity index (χ3n) is 6.45. The van der Waals surface area contributed by atoms with Crippen LogP contribution in [0.3, 0.4) is 0 Å². The van der Waals surface area contributed by atoms with Gasteiger partial charge in [0, 0.05) is 18.1 Å². The van der Waals surface area contributed by atoms with Crippen molar-refractivity contribution in [1.29, 1.82) is 0 Å². The zero-order valence-electron chi connectivity index (χ0n) is 17.1. The molecule has 31 heavy (non-hydrogen) atoms. The van der Waals surface area contributed by atoms with Gasteiger partial charge in [0.15, 0.2) is 0 Å². The highest BCUT2D eigenvalue weighted by Gasteiger charge is 2.48. The summed E-state index contributed by atoms with van der Waals surface area (Å²) in [4.78, 5) is 15.4. The van der Waals surface area contributed by atoms with Gasteiger partial charge in [-0.15, -0.1) is 0 Å². The molecule has 4 rings (SSSR count). The Morgan fingerprint density at radius 3 is 2.32 bits per heavy atom. The standard InChI is InChI=1S/C24H25ClF3NO2/c25-20-10-8-18(9-11-20)23(12-2-13-23)22(30)29-14-1-3-21(15-29)31-16-17-4-6-19(7-5-17)24(26,27)28/h4-11,21H,1-3,12-16H2. The molecule has 166 valence electrons. The zero-order valence-corrected chi connectivity index (χ0v) is 17.9. The summed E-state index contributed by atoms with van der Waals surface area (Å²) >= 11 is 6.02. The van der Waals surface area contributed by atoms with Crippen molar-refractivity contribution in [2.45, 2.75) is 56.4 Å². The van der Waals surface area contributed by atoms with Crippen LogP contribution in [0.4, 0.5) is 13.2 Å². The van der Waals surface area contributed by atoms with Gasteiger partial charge in [-0.05, 0) is 61.1 Å². The lowest BCUT2D eigenvalue weighted by atomic mass is 9.63. The molecule has 2 fully saturated rings. The second kappa shape index (κ2) is 8.83. The van der Waals surface area contributed by atoms with Gasteiger partial charge in [0.1, 0.15) is 0 Å². The van der Waals surface area contributed by atoms with Crippen LogP contribution in [0.15, 0.2) is 48.5 Å². The van der Waals surface area contributed by atoms with Gasteiger partial charge in [0.25, 0.3) is 0 Å². The first-order valence-electron chi connectivity index (χ1n) is 10.6. The Labute approximate surface area is 185 Å². The minimum Gasteiger partial charge on any atom is -0.372 e. The number of halogens is 4. The Kier molecular flexibility index (Phi) is 6.31. The number of amides is 1. The quantitative estimate of drug-likeness (QED) is 0.559. The molecule has 1 unspecified atom stereocenters. The summed E-state index contributed by atoms with van der Waals surface area (Å²) in [5.41, 5.74) is 0.563. The molecule has 7 heteroatoms. The largest absolute Gasteiger partial charge is 0.416 e. The highest BCUT2D eigenvalue weighted by Crippen LogP contribution is 2.46. The van der Waals surface area contributed by atoms with E-state index in [1.54, 1.807) is 0 Å². The van der Waals surface area contributed by atoms with Crippen LogP contribution in [-0.4, -0.2) is 30.0 Å². The summed E-state index contributed by atoms with van der Waals surface area (Å²) in [5.74, 6) is 0.143. The molecule has 1 aliphatic carbocycles. The van der Waals surface area contributed by atoms with E-state index >= 15 is 0 Å². The average molecular weight is 452 g/mol. The molecule has 2 aromatic carbocycles. The van der Waals surface area contributed by atoms with Crippen LogP contribution >= 0.6 is 11.6 Å². The zero-order chi connectivity index (χ0) is 22.1. The maximum absolute atomic E-state index is 13.5. The van der Waals surface area contributed by atoms with E-state index in [0.717, 1.165) is 49.8 Å². The van der Waals surface area contributed by atoms with Crippen molar-refractivity contribution in [1.82, 2.24) is 4.90 Å². The van der Waals surface area contributed by atoms with Gasteiger partial charge in [0.2, 0.25) is 5.91 Å². The van der Waals surface area contributed by atoms with E-state index in [-0.39, 0.29) is 18.6 Å². The van der Waals surface area contributed by atoms with E-state index in [1.165, 1.54) is 12.1 Å². The van der Waals surface area contributed by atoms with Crippen LogP contribution < -0.4 is 0 Å². The van der Waals surface area contributed by atoms with Crippen molar-refractivity contribution in [2.75, 3.05) is 13.1 Å². The second-order valence-corrected chi connectivity index (χ2v) is 8.90. The summed E-state index contributed by atoms with van der Waals surface area (Å²) in [7, 11) is 0. The number of nitrogens with zero attached hydrogens (tertiary/aromatic N) is 1. The molecule has 0 N–H and O–H groups in total. The maximum atomic E-state index is 13.5. The Balaban J connectivity index is 1.38. The molecule has 2 aliphatic rings. The molecule has 0 spiro atoms. The van der Waals surface area contributed by atoms with Crippen molar-refractivity contribution in [2.24, 2.45) is 0 Å². The SMILES string of the molecule is O=C(N1CCCC(OCc2ccc(C(F)(F)F)cc2)C1)C1(c2ccc(Cl)cc2)CCC1. The van der Waals surface area contributed by atoms with Crippen LogP contribution in [0.5, 0.6) is 0 Å². The van der Waals surface area contributed by atoms with E-state index in [4.69, 9.17) is 16.3 Å². The molecule has 0 bridgehead atoms. The van der Waals surface area contributed by atoms with Crippen LogP contribution in [-0.2, 0) is 27.7 Å². The Morgan fingerprint density at radius 2 is 1.74 bits per heavy atom. The number of hydrogen-bond donors (Lipinski definition) is 0. The van der Waals surface area contributed by atoms with Crippen LogP contribution in [0.2, 0.25) is 5.02 Å². The lowest BCUT2D eigenvalue weighted by Crippen LogP contribution is -2.54. The number of hydrogen-bond acceptors (Lipinski definition) is 2. The second-order valence-electron chi connectivity index (χ2n) is 8.46. The lowest BCUT2D eigenvalue weighted by molar-refractivity contribution is -0.145. The highest BCUT2D eigenvalue weighted by molar-refractivity contribution is 6.30. The third-order valence-corrected chi connectivity index (χ3v) is 6.70. The Hall–Kier alpha value is -2.05. The molecule has 1 aliphatic heterocycles. The number of ether oxygens (including phenoxy) is 1. The first-order chi connectivity index (χ1) is 14.8. The van der Waals surface area contributed by atoms with Gasteiger partial charge in [-0.3, -0.25) is 4.79 Å². The van der Waals surface area contributed by atoms with Gasteiger partial charge < -0.3 is 9.64 Å². The van der Waals surface area contributed by atoms with Crippen molar-refractivity contribution >= 4 is 17.5 Å². The minimum atomic E-state index is -4.34. The monoisotopic (exact) mass is 451 g/mol. The summed E-state index contributed by atoms with van der Waals surface area (Å²) in [6.07, 6.45) is -0.0933. The van der Waals surface area contributed by atoms with E-state index in [9.17, 15) is 18.0 Å². The summed E-state index contributed by atoms with van der Waals surface area (Å²) in [6, 6.07) is 12.6. The van der Waals surface area contributed by atoms with E-state index < -0.39 is 17.2 Å². The molecule has 1 atom stereocenters. The van der Waals surface area contributed by atoms with Gasteiger partial charge in [0.05, 0.1) is 23.7 Å². The van der Waals surface area contributed by atoms with Crippen LogP contribution in [0, 0.1) is 0 Å². The van der Waals surface area contributed by atoms with Crippen LogP contribution in [0.1, 0.15) is 48.8 Å². The smallest absolute Gasteiger partial charge is 0.372 e. The fourth-order valence-electron chi connectivity index (χ4n) is 4.49. The number of benzene rings is 2. The predicted octanol–water partition coefficient (Wildman–Crippen LogP) is 5.99. The number of likely N-dealkylation sites (tertiary alicyclic amines) is 1. The number of rotatable bonds is 5. The lowest BCUT2D eigenvalue weighted by Gasteiger charge is -2.46. The molecule has 1 saturated carbocycles. The number of piperidine rings is 1. The first-order valence-corrected chi connectivity index (χ1v) is 11.0. The van der Waals surface area contributed by atoms with Crippen molar-refractivity contribution in [3.8, 4) is 0 Å². The maximum Gasteiger partial charge on any atom is 0.416 e. The fourth-order valence-corrected chi connectivity index (χ4v) is 4.62. The first kappa shape index (κ1) is 22.2. The number of carbonyl (C=O) groups excluding carboxylic acids is 1. The van der Waals surface area contributed by atoms with Gasteiger partial charge in [-0.2, -0.15) is 13.2 Å². The molecular formula is C24H25ClF3NO2. The van der Waals surface area contributed by atoms with Crippen molar-refractivity contribution in [3.63, 3.8) is 0 Å². The molecular weight excluding hydrogens is 427 g/mol.